The van der Waals surface area contributed by atoms with Crippen LogP contribution in [0, 0.1) is 5.82 Å². The van der Waals surface area contributed by atoms with Crippen molar-refractivity contribution in [3.8, 4) is 17.1 Å². The van der Waals surface area contributed by atoms with Crippen LogP contribution < -0.4 is 0 Å². The predicted octanol–water partition coefficient (Wildman–Crippen LogP) is 3.58. The van der Waals surface area contributed by atoms with Crippen molar-refractivity contribution < 1.29 is 9.50 Å². The van der Waals surface area contributed by atoms with E-state index in [2.05, 4.69) is 9.97 Å². The van der Waals surface area contributed by atoms with Gasteiger partial charge in [-0.25, -0.2) is 14.4 Å². The first kappa shape index (κ1) is 13.2. The van der Waals surface area contributed by atoms with E-state index < -0.39 is 0 Å². The van der Waals surface area contributed by atoms with Crippen molar-refractivity contribution in [3.63, 3.8) is 0 Å². The molecule has 0 fully saturated rings. The van der Waals surface area contributed by atoms with Crippen molar-refractivity contribution in [3.05, 3.63) is 77.9 Å². The molecule has 0 aliphatic rings. The van der Waals surface area contributed by atoms with Gasteiger partial charge >= 0.3 is 0 Å². The zero-order chi connectivity index (χ0) is 14.7. The third-order valence-electron chi connectivity index (χ3n) is 3.19. The summed E-state index contributed by atoms with van der Waals surface area (Å²) >= 11 is 0. The lowest BCUT2D eigenvalue weighted by molar-refractivity contribution is 0.443. The average molecular weight is 280 g/mol. The maximum atomic E-state index is 13.8. The molecule has 1 heterocycles. The molecule has 0 bridgehead atoms. The average Bonchev–Trinajstić information content (AvgIpc) is 2.51. The molecule has 0 saturated heterocycles. The molecule has 2 aromatic carbocycles. The summed E-state index contributed by atoms with van der Waals surface area (Å²) in [6.07, 6.45) is 1.82. The van der Waals surface area contributed by atoms with Gasteiger partial charge in [0.1, 0.15) is 11.5 Å². The summed E-state index contributed by atoms with van der Waals surface area (Å²) in [4.78, 5) is 8.27. The fraction of sp³-hybridized carbons (Fsp3) is 0.0588. The highest BCUT2D eigenvalue weighted by molar-refractivity contribution is 5.59. The quantitative estimate of drug-likeness (QED) is 0.797. The highest BCUT2D eigenvalue weighted by atomic mass is 19.1. The van der Waals surface area contributed by atoms with Crippen LogP contribution in [0.25, 0.3) is 11.3 Å². The van der Waals surface area contributed by atoms with Crippen molar-refractivity contribution in [1.29, 1.82) is 0 Å². The lowest BCUT2D eigenvalue weighted by Gasteiger charge is -2.07. The van der Waals surface area contributed by atoms with E-state index in [4.69, 9.17) is 0 Å². The van der Waals surface area contributed by atoms with Crippen molar-refractivity contribution in [2.45, 2.75) is 6.42 Å². The van der Waals surface area contributed by atoms with E-state index in [0.717, 1.165) is 5.56 Å². The minimum Gasteiger partial charge on any atom is -0.492 e. The lowest BCUT2D eigenvalue weighted by atomic mass is 10.1. The van der Waals surface area contributed by atoms with Crippen LogP contribution in [0.1, 0.15) is 11.3 Å². The molecule has 0 aliphatic heterocycles. The molecular weight excluding hydrogens is 267 g/mol. The molecule has 0 aliphatic carbocycles. The summed E-state index contributed by atoms with van der Waals surface area (Å²) in [6, 6.07) is 16.0. The van der Waals surface area contributed by atoms with Crippen LogP contribution >= 0.6 is 0 Å². The van der Waals surface area contributed by atoms with Gasteiger partial charge in [-0.05, 0) is 17.7 Å². The molecule has 0 atom stereocenters. The Morgan fingerprint density at radius 3 is 2.43 bits per heavy atom. The Bertz CT molecular complexity index is 760. The third kappa shape index (κ3) is 2.89. The summed E-state index contributed by atoms with van der Waals surface area (Å²) in [5.74, 6) is -0.484. The summed E-state index contributed by atoms with van der Waals surface area (Å²) in [6.45, 7) is 0. The fourth-order valence-electron chi connectivity index (χ4n) is 2.13. The zero-order valence-electron chi connectivity index (χ0n) is 11.2. The van der Waals surface area contributed by atoms with Gasteiger partial charge in [0.25, 0.3) is 0 Å². The Labute approximate surface area is 121 Å². The Kier molecular flexibility index (Phi) is 3.60. The summed E-state index contributed by atoms with van der Waals surface area (Å²) in [5, 5.41) is 9.85. The standard InChI is InChI=1S/C17H13FN2O/c18-14-9-5-4-8-13(14)16-11-19-17(21)15(20-16)10-12-6-2-1-3-7-12/h1-9,11H,10H2,(H,19,21). The van der Waals surface area contributed by atoms with Gasteiger partial charge in [-0.3, -0.25) is 0 Å². The van der Waals surface area contributed by atoms with Crippen LogP contribution in [0.2, 0.25) is 0 Å². The van der Waals surface area contributed by atoms with Gasteiger partial charge in [0.2, 0.25) is 5.88 Å². The third-order valence-corrected chi connectivity index (χ3v) is 3.19. The second-order valence-corrected chi connectivity index (χ2v) is 4.67. The number of nitrogens with zero attached hydrogens (tertiary/aromatic N) is 2. The largest absolute Gasteiger partial charge is 0.492 e. The van der Waals surface area contributed by atoms with Crippen molar-refractivity contribution in [2.75, 3.05) is 0 Å². The molecule has 0 unspecified atom stereocenters. The van der Waals surface area contributed by atoms with Crippen LogP contribution in [-0.2, 0) is 6.42 Å². The van der Waals surface area contributed by atoms with Crippen LogP contribution in [0.4, 0.5) is 4.39 Å². The summed E-state index contributed by atoms with van der Waals surface area (Å²) in [5.41, 5.74) is 2.23. The Balaban J connectivity index is 1.99. The minimum absolute atomic E-state index is 0.126. The number of rotatable bonds is 3. The van der Waals surface area contributed by atoms with Crippen LogP contribution in [0.3, 0.4) is 0 Å². The van der Waals surface area contributed by atoms with Crippen LogP contribution in [0.5, 0.6) is 5.88 Å². The summed E-state index contributed by atoms with van der Waals surface area (Å²) in [7, 11) is 0. The van der Waals surface area contributed by atoms with Crippen LogP contribution in [0.15, 0.2) is 60.8 Å². The minimum atomic E-state index is -0.358. The van der Waals surface area contributed by atoms with Gasteiger partial charge in [0.05, 0.1) is 11.9 Å². The maximum Gasteiger partial charge on any atom is 0.233 e. The molecule has 1 N–H and O–H groups in total. The SMILES string of the molecule is Oc1ncc(-c2ccccc2F)nc1Cc1ccccc1. The molecule has 0 amide bonds. The van der Waals surface area contributed by atoms with Gasteiger partial charge < -0.3 is 5.11 Å². The molecule has 4 heteroatoms. The maximum absolute atomic E-state index is 13.8. The van der Waals surface area contributed by atoms with Gasteiger partial charge in [-0.1, -0.05) is 42.5 Å². The van der Waals surface area contributed by atoms with Gasteiger partial charge in [0, 0.05) is 12.0 Å². The Hall–Kier alpha value is -2.75. The van der Waals surface area contributed by atoms with Crippen molar-refractivity contribution >= 4 is 0 Å². The summed E-state index contributed by atoms with van der Waals surface area (Å²) < 4.78 is 13.8. The van der Waals surface area contributed by atoms with Gasteiger partial charge in [-0.15, -0.1) is 0 Å². The van der Waals surface area contributed by atoms with E-state index in [1.54, 1.807) is 18.2 Å². The first-order chi connectivity index (χ1) is 10.2. The number of hydrogen-bond donors (Lipinski definition) is 1. The van der Waals surface area contributed by atoms with E-state index >= 15 is 0 Å². The number of halogens is 1. The topological polar surface area (TPSA) is 46.0 Å². The highest BCUT2D eigenvalue weighted by Gasteiger charge is 2.11. The van der Waals surface area contributed by atoms with E-state index in [0.29, 0.717) is 23.4 Å². The zero-order valence-corrected chi connectivity index (χ0v) is 11.2. The molecule has 3 rings (SSSR count). The highest BCUT2D eigenvalue weighted by Crippen LogP contribution is 2.23. The molecule has 0 saturated carbocycles. The Morgan fingerprint density at radius 2 is 1.67 bits per heavy atom. The van der Waals surface area contributed by atoms with Gasteiger partial charge in [0.15, 0.2) is 0 Å². The van der Waals surface area contributed by atoms with Gasteiger partial charge in [-0.2, -0.15) is 0 Å². The van der Waals surface area contributed by atoms with E-state index in [9.17, 15) is 9.50 Å². The molecular formula is C17H13FN2O. The van der Waals surface area contributed by atoms with Crippen molar-refractivity contribution in [2.24, 2.45) is 0 Å². The predicted molar refractivity (Wildman–Crippen MR) is 78.3 cm³/mol. The number of aromatic nitrogens is 2. The fourth-order valence-corrected chi connectivity index (χ4v) is 2.13. The smallest absolute Gasteiger partial charge is 0.233 e. The first-order valence-corrected chi connectivity index (χ1v) is 6.58. The van der Waals surface area contributed by atoms with E-state index in [1.165, 1.54) is 12.3 Å². The number of hydrogen-bond acceptors (Lipinski definition) is 3. The monoisotopic (exact) mass is 280 g/mol. The molecule has 3 nitrogen and oxygen atoms in total. The lowest BCUT2D eigenvalue weighted by Crippen LogP contribution is -1.98. The first-order valence-electron chi connectivity index (χ1n) is 6.58. The Morgan fingerprint density at radius 1 is 0.952 bits per heavy atom. The second kappa shape index (κ2) is 5.71. The molecule has 3 aromatic rings. The molecule has 1 aromatic heterocycles. The normalized spacial score (nSPS) is 10.5. The molecule has 0 spiro atoms. The van der Waals surface area contributed by atoms with Crippen molar-refractivity contribution in [1.82, 2.24) is 9.97 Å². The molecule has 0 radical (unpaired) electrons. The van der Waals surface area contributed by atoms with E-state index in [-0.39, 0.29) is 11.7 Å². The second-order valence-electron chi connectivity index (χ2n) is 4.67. The number of aromatic hydroxyl groups is 1. The van der Waals surface area contributed by atoms with E-state index in [1.807, 2.05) is 30.3 Å². The number of benzene rings is 2. The molecule has 21 heavy (non-hydrogen) atoms. The van der Waals surface area contributed by atoms with Crippen LogP contribution in [-0.4, -0.2) is 15.1 Å². The molecule has 104 valence electrons.